The molecule has 12 heavy (non-hydrogen) atoms. The zero-order valence-electron chi connectivity index (χ0n) is 5.67. The Kier molecular flexibility index (Phi) is 0.687. The van der Waals surface area contributed by atoms with E-state index in [1.807, 2.05) is 0 Å². The van der Waals surface area contributed by atoms with E-state index in [4.69, 9.17) is 0 Å². The molecule has 0 aliphatic heterocycles. The van der Waals surface area contributed by atoms with Crippen molar-refractivity contribution in [3.05, 3.63) is 34.4 Å². The van der Waals surface area contributed by atoms with Gasteiger partial charge in [-0.3, -0.25) is 0 Å². The van der Waals surface area contributed by atoms with Crippen molar-refractivity contribution in [3.8, 4) is 0 Å². The minimum Gasteiger partial charge on any atom is -0.196 e. The van der Waals surface area contributed by atoms with E-state index in [0.717, 1.165) is 12.1 Å². The third kappa shape index (κ3) is 0.436. The van der Waals surface area contributed by atoms with Gasteiger partial charge in [-0.15, -0.1) is 0 Å². The van der Waals surface area contributed by atoms with Crippen LogP contribution in [0, 0.1) is 0 Å². The fourth-order valence-corrected chi connectivity index (χ4v) is 1.63. The number of rotatable bonds is 0. The molecule has 0 bridgehead atoms. The SMILES string of the molecule is FC1(F)c2ccc3c(c21)C3(F)F. The van der Waals surface area contributed by atoms with Crippen LogP contribution in [0.25, 0.3) is 0 Å². The Balaban J connectivity index is 2.27. The molecule has 0 fully saturated rings. The molecule has 1 aromatic rings. The molecule has 0 saturated heterocycles. The molecule has 0 radical (unpaired) electrons. The Morgan fingerprint density at radius 2 is 1.08 bits per heavy atom. The van der Waals surface area contributed by atoms with Crippen molar-refractivity contribution in [2.45, 2.75) is 11.8 Å². The lowest BCUT2D eigenvalue weighted by Gasteiger charge is -1.89. The standard InChI is InChI=1S/C8H2F4/c9-7(10)3-1-2-4-6(5(3)7)8(4,11)12/h1-2H. The Bertz CT molecular complexity index is 367. The van der Waals surface area contributed by atoms with Crippen molar-refractivity contribution in [1.82, 2.24) is 0 Å². The summed E-state index contributed by atoms with van der Waals surface area (Å²) in [6, 6.07) is 2.16. The minimum atomic E-state index is -3.08. The number of benzene rings is 1. The van der Waals surface area contributed by atoms with Crippen LogP contribution in [0.3, 0.4) is 0 Å². The third-order valence-corrected chi connectivity index (χ3v) is 2.38. The summed E-state index contributed by atoms with van der Waals surface area (Å²) < 4.78 is 50.5. The molecule has 0 unspecified atom stereocenters. The van der Waals surface area contributed by atoms with E-state index < -0.39 is 23.0 Å². The molecule has 0 heterocycles. The molecule has 0 nitrogen and oxygen atoms in total. The highest BCUT2D eigenvalue weighted by atomic mass is 19.3. The van der Waals surface area contributed by atoms with Gasteiger partial charge in [-0.2, -0.15) is 17.6 Å². The maximum atomic E-state index is 12.6. The molecule has 1 aromatic carbocycles. The summed E-state index contributed by atoms with van der Waals surface area (Å²) in [5, 5.41) is 0. The lowest BCUT2D eigenvalue weighted by atomic mass is 10.4. The zero-order valence-corrected chi connectivity index (χ0v) is 5.67. The van der Waals surface area contributed by atoms with Crippen LogP contribution in [0.1, 0.15) is 22.3 Å². The Labute approximate surface area is 64.8 Å². The first-order valence-corrected chi connectivity index (χ1v) is 3.42. The molecule has 2 aliphatic rings. The number of halogens is 4. The van der Waals surface area contributed by atoms with Gasteiger partial charge in [0.1, 0.15) is 0 Å². The first-order valence-electron chi connectivity index (χ1n) is 3.42. The Morgan fingerprint density at radius 3 is 1.42 bits per heavy atom. The first kappa shape index (κ1) is 6.46. The average Bonchev–Trinajstić information content (AvgIpc) is 2.72. The van der Waals surface area contributed by atoms with Crippen molar-refractivity contribution in [2.75, 3.05) is 0 Å². The molecule has 0 amide bonds. The van der Waals surface area contributed by atoms with E-state index in [0.29, 0.717) is 0 Å². The second kappa shape index (κ2) is 1.28. The fourth-order valence-electron chi connectivity index (χ4n) is 1.63. The van der Waals surface area contributed by atoms with Gasteiger partial charge in [-0.05, 0) is 0 Å². The van der Waals surface area contributed by atoms with Crippen LogP contribution in [0.15, 0.2) is 12.1 Å². The summed E-state index contributed by atoms with van der Waals surface area (Å²) in [4.78, 5) is 0. The molecule has 62 valence electrons. The summed E-state index contributed by atoms with van der Waals surface area (Å²) in [6.07, 6.45) is 0. The van der Waals surface area contributed by atoms with E-state index in [1.165, 1.54) is 0 Å². The van der Waals surface area contributed by atoms with E-state index in [1.54, 1.807) is 0 Å². The number of hydrogen-bond donors (Lipinski definition) is 0. The van der Waals surface area contributed by atoms with Crippen molar-refractivity contribution in [1.29, 1.82) is 0 Å². The van der Waals surface area contributed by atoms with Gasteiger partial charge in [0.15, 0.2) is 0 Å². The van der Waals surface area contributed by atoms with Gasteiger partial charge in [0.05, 0.1) is 0 Å². The predicted octanol–water partition coefficient (Wildman–Crippen LogP) is 2.59. The second-order valence-electron chi connectivity index (χ2n) is 3.06. The minimum absolute atomic E-state index is 0.238. The molecule has 0 spiro atoms. The quantitative estimate of drug-likeness (QED) is 0.530. The fraction of sp³-hybridized carbons (Fsp3) is 0.250. The van der Waals surface area contributed by atoms with Crippen LogP contribution in [0.2, 0.25) is 0 Å². The van der Waals surface area contributed by atoms with Crippen molar-refractivity contribution >= 4 is 0 Å². The largest absolute Gasteiger partial charge is 0.299 e. The Hall–Kier alpha value is -1.06. The molecule has 3 rings (SSSR count). The van der Waals surface area contributed by atoms with Gasteiger partial charge in [-0.25, -0.2) is 0 Å². The van der Waals surface area contributed by atoms with Crippen molar-refractivity contribution in [2.24, 2.45) is 0 Å². The van der Waals surface area contributed by atoms with Crippen LogP contribution in [-0.2, 0) is 11.8 Å². The first-order chi connectivity index (χ1) is 5.47. The average molecular weight is 174 g/mol. The van der Waals surface area contributed by atoms with E-state index in [-0.39, 0.29) is 11.1 Å². The number of hydrogen-bond acceptors (Lipinski definition) is 0. The lowest BCUT2D eigenvalue weighted by Crippen LogP contribution is -1.90. The Morgan fingerprint density at radius 1 is 0.750 bits per heavy atom. The third-order valence-electron chi connectivity index (χ3n) is 2.38. The maximum absolute atomic E-state index is 12.6. The maximum Gasteiger partial charge on any atom is 0.299 e. The molecule has 0 aromatic heterocycles. The van der Waals surface area contributed by atoms with Gasteiger partial charge in [-0.1, -0.05) is 12.1 Å². The topological polar surface area (TPSA) is 0 Å². The van der Waals surface area contributed by atoms with E-state index >= 15 is 0 Å². The van der Waals surface area contributed by atoms with Crippen LogP contribution in [0.5, 0.6) is 0 Å². The summed E-state index contributed by atoms with van der Waals surface area (Å²) in [7, 11) is 0. The van der Waals surface area contributed by atoms with Crippen molar-refractivity contribution < 1.29 is 17.6 Å². The zero-order chi connectivity index (χ0) is 8.72. The smallest absolute Gasteiger partial charge is 0.196 e. The monoisotopic (exact) mass is 174 g/mol. The van der Waals surface area contributed by atoms with Gasteiger partial charge in [0.2, 0.25) is 0 Å². The number of alkyl halides is 4. The van der Waals surface area contributed by atoms with Gasteiger partial charge in [0.25, 0.3) is 11.8 Å². The summed E-state index contributed by atoms with van der Waals surface area (Å²) in [5.41, 5.74) is -1.35. The summed E-state index contributed by atoms with van der Waals surface area (Å²) in [6.45, 7) is 0. The van der Waals surface area contributed by atoms with E-state index in [2.05, 4.69) is 0 Å². The number of fused-ring (bicyclic) bond motifs is 3. The van der Waals surface area contributed by atoms with Gasteiger partial charge < -0.3 is 0 Å². The normalized spacial score (nSPS) is 24.3. The van der Waals surface area contributed by atoms with Gasteiger partial charge >= 0.3 is 0 Å². The molecule has 0 saturated carbocycles. The predicted molar refractivity (Wildman–Crippen MR) is 32.4 cm³/mol. The molecule has 0 atom stereocenters. The van der Waals surface area contributed by atoms with Gasteiger partial charge in [0, 0.05) is 22.3 Å². The molecular weight excluding hydrogens is 172 g/mol. The molecule has 4 heteroatoms. The summed E-state index contributed by atoms with van der Waals surface area (Å²) >= 11 is 0. The molecular formula is C8H2F4. The summed E-state index contributed by atoms with van der Waals surface area (Å²) in [5.74, 6) is -6.15. The van der Waals surface area contributed by atoms with Crippen LogP contribution < -0.4 is 0 Å². The van der Waals surface area contributed by atoms with E-state index in [9.17, 15) is 17.6 Å². The highest BCUT2D eigenvalue weighted by molar-refractivity contribution is 5.71. The van der Waals surface area contributed by atoms with Crippen LogP contribution in [-0.4, -0.2) is 0 Å². The van der Waals surface area contributed by atoms with Crippen LogP contribution in [0.4, 0.5) is 17.6 Å². The highest BCUT2D eigenvalue weighted by Crippen LogP contribution is 2.66. The highest BCUT2D eigenvalue weighted by Gasteiger charge is 2.67. The second-order valence-corrected chi connectivity index (χ2v) is 3.06. The van der Waals surface area contributed by atoms with Crippen LogP contribution >= 0.6 is 0 Å². The molecule has 2 aliphatic carbocycles. The lowest BCUT2D eigenvalue weighted by molar-refractivity contribution is 0.0822. The molecule has 0 N–H and O–H groups in total. The van der Waals surface area contributed by atoms with Crippen molar-refractivity contribution in [3.63, 3.8) is 0 Å².